The minimum absolute atomic E-state index is 0.0568. The van der Waals surface area contributed by atoms with Crippen LogP contribution in [0.1, 0.15) is 5.76 Å². The number of halogens is 1. The summed E-state index contributed by atoms with van der Waals surface area (Å²) in [7, 11) is 0. The summed E-state index contributed by atoms with van der Waals surface area (Å²) >= 11 is 0. The summed E-state index contributed by atoms with van der Waals surface area (Å²) < 4.78 is 24.1. The molecule has 0 fully saturated rings. The van der Waals surface area contributed by atoms with Gasteiger partial charge in [0.05, 0.1) is 6.54 Å². The zero-order valence-corrected chi connectivity index (χ0v) is 11.7. The first kappa shape index (κ1) is 14.1. The zero-order valence-electron chi connectivity index (χ0n) is 11.7. The molecule has 0 spiro atoms. The summed E-state index contributed by atoms with van der Waals surface area (Å²) in [6.45, 7) is 0.00923. The summed E-state index contributed by atoms with van der Waals surface area (Å²) in [6.07, 6.45) is 0. The number of fused-ring (bicyclic) bond motifs is 1. The molecule has 1 amide bonds. The van der Waals surface area contributed by atoms with Crippen molar-refractivity contribution < 1.29 is 18.3 Å². The average Bonchev–Trinajstić information content (AvgIpc) is 2.95. The summed E-state index contributed by atoms with van der Waals surface area (Å²) in [5.74, 6) is -0.127. The van der Waals surface area contributed by atoms with Crippen LogP contribution in [0.2, 0.25) is 0 Å². The standard InChI is InChI=1S/C17H14FNO3/c18-14-6-2-4-8-16(14)21-11-17(20)19-10-13-9-12-5-1-3-7-15(12)22-13/h1-9H,10-11H2,(H,19,20). The minimum Gasteiger partial charge on any atom is -0.481 e. The lowest BCUT2D eigenvalue weighted by Gasteiger charge is -2.07. The predicted molar refractivity (Wildman–Crippen MR) is 80.0 cm³/mol. The first-order chi connectivity index (χ1) is 10.7. The van der Waals surface area contributed by atoms with Crippen LogP contribution in [0.15, 0.2) is 59.0 Å². The normalized spacial score (nSPS) is 10.6. The van der Waals surface area contributed by atoms with Crippen molar-refractivity contribution in [3.63, 3.8) is 0 Å². The molecule has 2 aromatic carbocycles. The van der Waals surface area contributed by atoms with Gasteiger partial charge in [0.1, 0.15) is 11.3 Å². The highest BCUT2D eigenvalue weighted by Crippen LogP contribution is 2.18. The smallest absolute Gasteiger partial charge is 0.258 e. The van der Waals surface area contributed by atoms with E-state index in [1.807, 2.05) is 30.3 Å². The zero-order chi connectivity index (χ0) is 15.4. The highest BCUT2D eigenvalue weighted by molar-refractivity contribution is 5.79. The van der Waals surface area contributed by atoms with Crippen LogP contribution in [-0.4, -0.2) is 12.5 Å². The van der Waals surface area contributed by atoms with E-state index in [1.54, 1.807) is 12.1 Å². The van der Waals surface area contributed by atoms with Gasteiger partial charge in [0.2, 0.25) is 0 Å². The molecule has 1 N–H and O–H groups in total. The third kappa shape index (κ3) is 3.25. The Labute approximate surface area is 126 Å². The Balaban J connectivity index is 1.53. The molecule has 0 aliphatic rings. The topological polar surface area (TPSA) is 51.5 Å². The molecule has 0 saturated heterocycles. The molecule has 112 valence electrons. The monoisotopic (exact) mass is 299 g/mol. The van der Waals surface area contributed by atoms with Crippen molar-refractivity contribution in [1.29, 1.82) is 0 Å². The average molecular weight is 299 g/mol. The molecule has 5 heteroatoms. The van der Waals surface area contributed by atoms with Crippen molar-refractivity contribution in [3.05, 3.63) is 66.2 Å². The van der Waals surface area contributed by atoms with Gasteiger partial charge in [-0.3, -0.25) is 4.79 Å². The molecule has 1 heterocycles. The maximum absolute atomic E-state index is 13.3. The van der Waals surface area contributed by atoms with Gasteiger partial charge in [-0.25, -0.2) is 4.39 Å². The Hall–Kier alpha value is -2.82. The van der Waals surface area contributed by atoms with E-state index in [0.717, 1.165) is 11.0 Å². The SMILES string of the molecule is O=C(COc1ccccc1F)NCc1cc2ccccc2o1. The third-order valence-corrected chi connectivity index (χ3v) is 3.13. The van der Waals surface area contributed by atoms with Crippen molar-refractivity contribution in [2.24, 2.45) is 0 Å². The van der Waals surface area contributed by atoms with E-state index in [2.05, 4.69) is 5.32 Å². The molecule has 0 radical (unpaired) electrons. The van der Waals surface area contributed by atoms with Crippen LogP contribution in [0.25, 0.3) is 11.0 Å². The number of carbonyl (C=O) groups excluding carboxylic acids is 1. The number of benzene rings is 2. The number of hydrogen-bond donors (Lipinski definition) is 1. The number of rotatable bonds is 5. The van der Waals surface area contributed by atoms with Crippen LogP contribution in [-0.2, 0) is 11.3 Å². The number of hydrogen-bond acceptors (Lipinski definition) is 3. The van der Waals surface area contributed by atoms with Gasteiger partial charge in [0.25, 0.3) is 5.91 Å². The van der Waals surface area contributed by atoms with Gasteiger partial charge in [0.15, 0.2) is 18.2 Å². The number of amides is 1. The van der Waals surface area contributed by atoms with Gasteiger partial charge in [-0.2, -0.15) is 0 Å². The molecule has 0 aliphatic carbocycles. The van der Waals surface area contributed by atoms with E-state index in [9.17, 15) is 9.18 Å². The summed E-state index contributed by atoms with van der Waals surface area (Å²) in [5, 5.41) is 3.65. The van der Waals surface area contributed by atoms with Gasteiger partial charge >= 0.3 is 0 Å². The molecule has 0 saturated carbocycles. The van der Waals surface area contributed by atoms with Crippen molar-refractivity contribution in [1.82, 2.24) is 5.32 Å². The Bertz CT molecular complexity index is 764. The first-order valence-electron chi connectivity index (χ1n) is 6.84. The fourth-order valence-electron chi connectivity index (χ4n) is 2.07. The van der Waals surface area contributed by atoms with Crippen molar-refractivity contribution in [2.45, 2.75) is 6.54 Å². The number of furan rings is 1. The van der Waals surface area contributed by atoms with E-state index >= 15 is 0 Å². The molecule has 1 aromatic heterocycles. The summed E-state index contributed by atoms with van der Waals surface area (Å²) in [4.78, 5) is 11.7. The molecule has 0 atom stereocenters. The highest BCUT2D eigenvalue weighted by Gasteiger charge is 2.08. The van der Waals surface area contributed by atoms with Crippen molar-refractivity contribution >= 4 is 16.9 Å². The van der Waals surface area contributed by atoms with E-state index in [-0.39, 0.29) is 24.8 Å². The lowest BCUT2D eigenvalue weighted by molar-refractivity contribution is -0.123. The first-order valence-corrected chi connectivity index (χ1v) is 6.84. The lowest BCUT2D eigenvalue weighted by atomic mass is 10.2. The largest absolute Gasteiger partial charge is 0.481 e. The number of carbonyl (C=O) groups is 1. The predicted octanol–water partition coefficient (Wildman–Crippen LogP) is 3.27. The molecule has 3 aromatic rings. The fraction of sp³-hybridized carbons (Fsp3) is 0.118. The molecule has 0 aliphatic heterocycles. The minimum atomic E-state index is -0.493. The van der Waals surface area contributed by atoms with Gasteiger partial charge in [-0.15, -0.1) is 0 Å². The highest BCUT2D eigenvalue weighted by atomic mass is 19.1. The second kappa shape index (κ2) is 6.30. The van der Waals surface area contributed by atoms with Crippen molar-refractivity contribution in [2.75, 3.05) is 6.61 Å². The van der Waals surface area contributed by atoms with Crippen LogP contribution >= 0.6 is 0 Å². The summed E-state index contributed by atoms with van der Waals surface area (Å²) in [5.41, 5.74) is 0.773. The van der Waals surface area contributed by atoms with Gasteiger partial charge in [-0.1, -0.05) is 30.3 Å². The van der Waals surface area contributed by atoms with E-state index in [4.69, 9.17) is 9.15 Å². The fourth-order valence-corrected chi connectivity index (χ4v) is 2.07. The lowest BCUT2D eigenvalue weighted by Crippen LogP contribution is -2.28. The molecule has 22 heavy (non-hydrogen) atoms. The summed E-state index contributed by atoms with van der Waals surface area (Å²) in [6, 6.07) is 15.4. The Morgan fingerprint density at radius 1 is 1.14 bits per heavy atom. The maximum atomic E-state index is 13.3. The Morgan fingerprint density at radius 3 is 2.73 bits per heavy atom. The number of ether oxygens (including phenoxy) is 1. The van der Waals surface area contributed by atoms with Gasteiger partial charge in [0, 0.05) is 5.39 Å². The second-order valence-corrected chi connectivity index (χ2v) is 4.75. The quantitative estimate of drug-likeness (QED) is 0.786. The molecular formula is C17H14FNO3. The van der Waals surface area contributed by atoms with Crippen LogP contribution < -0.4 is 10.1 Å². The van der Waals surface area contributed by atoms with E-state index in [0.29, 0.717) is 5.76 Å². The third-order valence-electron chi connectivity index (χ3n) is 3.13. The number of nitrogens with one attached hydrogen (secondary N) is 1. The molecule has 3 rings (SSSR count). The van der Waals surface area contributed by atoms with Crippen molar-refractivity contribution in [3.8, 4) is 5.75 Å². The van der Waals surface area contributed by atoms with Gasteiger partial charge < -0.3 is 14.5 Å². The molecule has 0 unspecified atom stereocenters. The van der Waals surface area contributed by atoms with Crippen LogP contribution in [0.3, 0.4) is 0 Å². The molecule has 0 bridgehead atoms. The van der Waals surface area contributed by atoms with Crippen LogP contribution in [0, 0.1) is 5.82 Å². The van der Waals surface area contributed by atoms with E-state index < -0.39 is 5.82 Å². The van der Waals surface area contributed by atoms with E-state index in [1.165, 1.54) is 12.1 Å². The van der Waals surface area contributed by atoms with Crippen LogP contribution in [0.4, 0.5) is 4.39 Å². The van der Waals surface area contributed by atoms with Gasteiger partial charge in [-0.05, 0) is 24.3 Å². The maximum Gasteiger partial charge on any atom is 0.258 e. The molecular weight excluding hydrogens is 285 g/mol. The van der Waals surface area contributed by atoms with Crippen LogP contribution in [0.5, 0.6) is 5.75 Å². The molecule has 4 nitrogen and oxygen atoms in total. The Kier molecular flexibility index (Phi) is 4.05. The second-order valence-electron chi connectivity index (χ2n) is 4.75. The number of para-hydroxylation sites is 2. The Morgan fingerprint density at radius 2 is 1.91 bits per heavy atom.